The van der Waals surface area contributed by atoms with Crippen LogP contribution in [0.4, 0.5) is 5.82 Å². The largest absolute Gasteiger partial charge is 0.461 e. The third-order valence-corrected chi connectivity index (χ3v) is 4.09. The lowest BCUT2D eigenvalue weighted by Crippen LogP contribution is -2.19. The molecule has 1 aliphatic carbocycles. The van der Waals surface area contributed by atoms with Crippen LogP contribution >= 0.6 is 0 Å². The second-order valence-corrected chi connectivity index (χ2v) is 5.19. The van der Waals surface area contributed by atoms with Crippen molar-refractivity contribution in [3.8, 4) is 0 Å². The van der Waals surface area contributed by atoms with Gasteiger partial charge in [0.25, 0.3) is 0 Å². The SMILES string of the molecule is CCOC(=O)c1ncn(C2CCC(CC)CC2)c1N. The van der Waals surface area contributed by atoms with E-state index >= 15 is 0 Å². The Morgan fingerprint density at radius 2 is 2.11 bits per heavy atom. The number of hydrogen-bond donors (Lipinski definition) is 1. The van der Waals surface area contributed by atoms with E-state index in [-0.39, 0.29) is 5.69 Å². The van der Waals surface area contributed by atoms with E-state index < -0.39 is 5.97 Å². The molecule has 0 saturated heterocycles. The summed E-state index contributed by atoms with van der Waals surface area (Å²) < 4.78 is 6.89. The molecule has 0 atom stereocenters. The maximum atomic E-state index is 11.7. The topological polar surface area (TPSA) is 70.1 Å². The first-order valence-corrected chi connectivity index (χ1v) is 7.16. The molecule has 0 spiro atoms. The van der Waals surface area contributed by atoms with Crippen molar-refractivity contribution in [3.05, 3.63) is 12.0 Å². The molecule has 1 aromatic heterocycles. The van der Waals surface area contributed by atoms with Crippen molar-refractivity contribution in [2.45, 2.75) is 52.0 Å². The van der Waals surface area contributed by atoms with Crippen molar-refractivity contribution in [2.24, 2.45) is 5.92 Å². The van der Waals surface area contributed by atoms with E-state index in [1.54, 1.807) is 13.3 Å². The Morgan fingerprint density at radius 3 is 2.68 bits per heavy atom. The Morgan fingerprint density at radius 1 is 1.42 bits per heavy atom. The number of nitrogens with zero attached hydrogens (tertiary/aromatic N) is 2. The quantitative estimate of drug-likeness (QED) is 0.850. The number of imidazole rings is 1. The number of aromatic nitrogens is 2. The Hall–Kier alpha value is -1.52. The number of rotatable bonds is 4. The molecule has 2 rings (SSSR count). The normalized spacial score (nSPS) is 23.3. The summed E-state index contributed by atoms with van der Waals surface area (Å²) in [4.78, 5) is 15.8. The van der Waals surface area contributed by atoms with Gasteiger partial charge in [0.05, 0.1) is 12.9 Å². The molecule has 1 fully saturated rings. The Bertz CT molecular complexity index is 434. The first-order valence-electron chi connectivity index (χ1n) is 7.16. The van der Waals surface area contributed by atoms with Gasteiger partial charge in [-0.3, -0.25) is 0 Å². The number of esters is 1. The maximum Gasteiger partial charge on any atom is 0.360 e. The third kappa shape index (κ3) is 2.91. The van der Waals surface area contributed by atoms with Crippen LogP contribution in [0.5, 0.6) is 0 Å². The van der Waals surface area contributed by atoms with Gasteiger partial charge in [0.1, 0.15) is 5.82 Å². The maximum absolute atomic E-state index is 11.7. The minimum Gasteiger partial charge on any atom is -0.461 e. The Balaban J connectivity index is 2.08. The van der Waals surface area contributed by atoms with Crippen LogP contribution in [0.15, 0.2) is 6.33 Å². The van der Waals surface area contributed by atoms with Crippen molar-refractivity contribution < 1.29 is 9.53 Å². The number of nitrogens with two attached hydrogens (primary N) is 1. The van der Waals surface area contributed by atoms with E-state index in [4.69, 9.17) is 10.5 Å². The van der Waals surface area contributed by atoms with Gasteiger partial charge in [-0.1, -0.05) is 13.3 Å². The summed E-state index contributed by atoms with van der Waals surface area (Å²) in [6.07, 6.45) is 7.61. The van der Waals surface area contributed by atoms with E-state index in [1.165, 1.54) is 19.3 Å². The molecule has 19 heavy (non-hydrogen) atoms. The van der Waals surface area contributed by atoms with Gasteiger partial charge in [-0.05, 0) is 38.5 Å². The lowest BCUT2D eigenvalue weighted by Gasteiger charge is -2.29. The van der Waals surface area contributed by atoms with Gasteiger partial charge in [-0.25, -0.2) is 9.78 Å². The predicted molar refractivity (Wildman–Crippen MR) is 73.9 cm³/mol. The molecule has 0 unspecified atom stereocenters. The summed E-state index contributed by atoms with van der Waals surface area (Å²) in [5, 5.41) is 0. The summed E-state index contributed by atoms with van der Waals surface area (Å²) in [7, 11) is 0. The number of carbonyl (C=O) groups excluding carboxylic acids is 1. The molecular weight excluding hydrogens is 242 g/mol. The van der Waals surface area contributed by atoms with Gasteiger partial charge in [-0.2, -0.15) is 0 Å². The second kappa shape index (κ2) is 6.08. The first kappa shape index (κ1) is 13.9. The molecule has 106 valence electrons. The lowest BCUT2D eigenvalue weighted by molar-refractivity contribution is 0.0521. The summed E-state index contributed by atoms with van der Waals surface area (Å²) in [6, 6.07) is 0.374. The van der Waals surface area contributed by atoms with Crippen molar-refractivity contribution in [2.75, 3.05) is 12.3 Å². The van der Waals surface area contributed by atoms with Crippen LogP contribution in [0.2, 0.25) is 0 Å². The van der Waals surface area contributed by atoms with E-state index in [1.807, 2.05) is 4.57 Å². The minimum absolute atomic E-state index is 0.250. The predicted octanol–water partition coefficient (Wildman–Crippen LogP) is 2.78. The van der Waals surface area contributed by atoms with Crippen LogP contribution in [-0.4, -0.2) is 22.1 Å². The van der Waals surface area contributed by atoms with Crippen molar-refractivity contribution in [1.82, 2.24) is 9.55 Å². The fourth-order valence-corrected chi connectivity index (χ4v) is 2.85. The van der Waals surface area contributed by atoms with Crippen LogP contribution in [-0.2, 0) is 4.74 Å². The number of ether oxygens (including phenoxy) is 1. The molecule has 0 aliphatic heterocycles. The van der Waals surface area contributed by atoms with Gasteiger partial charge < -0.3 is 15.0 Å². The molecule has 5 nitrogen and oxygen atoms in total. The van der Waals surface area contributed by atoms with Crippen molar-refractivity contribution >= 4 is 11.8 Å². The molecular formula is C14H23N3O2. The fourth-order valence-electron chi connectivity index (χ4n) is 2.85. The van der Waals surface area contributed by atoms with Crippen LogP contribution in [0.3, 0.4) is 0 Å². The van der Waals surface area contributed by atoms with Crippen LogP contribution < -0.4 is 5.73 Å². The van der Waals surface area contributed by atoms with E-state index in [0.29, 0.717) is 18.5 Å². The van der Waals surface area contributed by atoms with Gasteiger partial charge in [0, 0.05) is 6.04 Å². The van der Waals surface area contributed by atoms with Crippen LogP contribution in [0.25, 0.3) is 0 Å². The molecule has 0 radical (unpaired) electrons. The average molecular weight is 265 g/mol. The van der Waals surface area contributed by atoms with Crippen molar-refractivity contribution in [1.29, 1.82) is 0 Å². The minimum atomic E-state index is -0.430. The molecule has 1 aliphatic rings. The van der Waals surface area contributed by atoms with Gasteiger partial charge >= 0.3 is 5.97 Å². The summed E-state index contributed by atoms with van der Waals surface area (Å²) in [6.45, 7) is 4.36. The Labute approximate surface area is 114 Å². The smallest absolute Gasteiger partial charge is 0.360 e. The first-order chi connectivity index (χ1) is 9.17. The van der Waals surface area contributed by atoms with Gasteiger partial charge in [-0.15, -0.1) is 0 Å². The molecule has 1 saturated carbocycles. The summed E-state index contributed by atoms with van der Waals surface area (Å²) in [5.74, 6) is 0.852. The standard InChI is InChI=1S/C14H23N3O2/c1-3-10-5-7-11(8-6-10)17-9-16-12(13(17)15)14(18)19-4-2/h9-11H,3-8,15H2,1-2H3. The molecule has 2 N–H and O–H groups in total. The number of carbonyl (C=O) groups is 1. The zero-order chi connectivity index (χ0) is 13.8. The van der Waals surface area contributed by atoms with E-state index in [9.17, 15) is 4.79 Å². The van der Waals surface area contributed by atoms with Crippen LogP contribution in [0, 0.1) is 5.92 Å². The number of nitrogen functional groups attached to an aromatic ring is 1. The molecule has 5 heteroatoms. The Kier molecular flexibility index (Phi) is 4.45. The van der Waals surface area contributed by atoms with E-state index in [0.717, 1.165) is 18.8 Å². The highest BCUT2D eigenvalue weighted by Gasteiger charge is 2.25. The highest BCUT2D eigenvalue weighted by molar-refractivity contribution is 5.92. The monoisotopic (exact) mass is 265 g/mol. The van der Waals surface area contributed by atoms with Gasteiger partial charge in [0.15, 0.2) is 5.69 Å². The van der Waals surface area contributed by atoms with Crippen LogP contribution in [0.1, 0.15) is 62.5 Å². The van der Waals surface area contributed by atoms with E-state index in [2.05, 4.69) is 11.9 Å². The average Bonchev–Trinajstić information content (AvgIpc) is 2.81. The third-order valence-electron chi connectivity index (χ3n) is 4.09. The zero-order valence-electron chi connectivity index (χ0n) is 11.8. The molecule has 1 aromatic rings. The summed E-state index contributed by atoms with van der Waals surface area (Å²) in [5.41, 5.74) is 6.28. The molecule has 0 bridgehead atoms. The zero-order valence-corrected chi connectivity index (χ0v) is 11.8. The second-order valence-electron chi connectivity index (χ2n) is 5.19. The number of hydrogen-bond acceptors (Lipinski definition) is 4. The highest BCUT2D eigenvalue weighted by atomic mass is 16.5. The molecule has 0 aromatic carbocycles. The highest BCUT2D eigenvalue weighted by Crippen LogP contribution is 2.35. The van der Waals surface area contributed by atoms with Gasteiger partial charge in [0.2, 0.25) is 0 Å². The molecule has 1 heterocycles. The summed E-state index contributed by atoms with van der Waals surface area (Å²) >= 11 is 0. The molecule has 0 amide bonds. The fraction of sp³-hybridized carbons (Fsp3) is 0.714. The number of anilines is 1. The van der Waals surface area contributed by atoms with Crippen molar-refractivity contribution in [3.63, 3.8) is 0 Å². The lowest BCUT2D eigenvalue weighted by atomic mass is 9.84.